The molecule has 2 aromatic heterocycles. The van der Waals surface area contributed by atoms with E-state index in [0.717, 1.165) is 6.07 Å². The van der Waals surface area contributed by atoms with Crippen LogP contribution in [0.3, 0.4) is 0 Å². The molecule has 0 unspecified atom stereocenters. The van der Waals surface area contributed by atoms with Gasteiger partial charge in [0.1, 0.15) is 23.7 Å². The lowest BCUT2D eigenvalue weighted by Crippen LogP contribution is -2.24. The number of alkyl halides is 3. The number of nitriles is 1. The van der Waals surface area contributed by atoms with Gasteiger partial charge in [0.05, 0.1) is 30.9 Å². The number of amides is 1. The summed E-state index contributed by atoms with van der Waals surface area (Å²) in [5.41, 5.74) is 1.18. The van der Waals surface area contributed by atoms with E-state index in [1.807, 2.05) is 6.92 Å². The highest BCUT2D eigenvalue weighted by Crippen LogP contribution is 2.42. The minimum absolute atomic E-state index is 0.0581. The number of rotatable bonds is 6. The molecule has 39 heavy (non-hydrogen) atoms. The van der Waals surface area contributed by atoms with Gasteiger partial charge < -0.3 is 14.6 Å². The average molecular weight is 534 g/mol. The zero-order valence-corrected chi connectivity index (χ0v) is 21.2. The van der Waals surface area contributed by atoms with Gasteiger partial charge in [-0.2, -0.15) is 18.4 Å². The van der Waals surface area contributed by atoms with Crippen LogP contribution in [0.4, 0.5) is 24.8 Å². The van der Waals surface area contributed by atoms with Crippen molar-refractivity contribution in [1.82, 2.24) is 19.7 Å². The van der Waals surface area contributed by atoms with Crippen LogP contribution in [0.2, 0.25) is 0 Å². The molecule has 0 spiro atoms. The Hall–Kier alpha value is -4.92. The fourth-order valence-electron chi connectivity index (χ4n) is 4.60. The number of methoxy groups -OCH3 is 1. The standard InChI is InChI=1S/C27H22F3N7O2/c1-4-32-23-8-16(18-6-5-15(12-31)7-19(18)25-35-33-14-36(25)2)9-24(34-23)37-13-21-20(26(37)38)10-17(39-3)11-22(21)27(28,29)30/h5-11,14H,4,13H2,1-3H3,(H,32,34). The molecule has 1 amide bonds. The van der Waals surface area contributed by atoms with Gasteiger partial charge in [-0.15, -0.1) is 10.2 Å². The summed E-state index contributed by atoms with van der Waals surface area (Å²) in [5, 5.41) is 20.7. The van der Waals surface area contributed by atoms with Crippen molar-refractivity contribution in [2.45, 2.75) is 19.6 Å². The first-order chi connectivity index (χ1) is 18.6. The van der Waals surface area contributed by atoms with Crippen LogP contribution in [-0.2, 0) is 19.8 Å². The quantitative estimate of drug-likeness (QED) is 0.370. The number of anilines is 2. The predicted molar refractivity (Wildman–Crippen MR) is 137 cm³/mol. The van der Waals surface area contributed by atoms with Crippen molar-refractivity contribution >= 4 is 17.5 Å². The van der Waals surface area contributed by atoms with Gasteiger partial charge in [-0.05, 0) is 60.0 Å². The molecule has 0 radical (unpaired) electrons. The normalized spacial score (nSPS) is 12.8. The molecule has 12 heteroatoms. The van der Waals surface area contributed by atoms with Gasteiger partial charge in [-0.3, -0.25) is 9.69 Å². The predicted octanol–water partition coefficient (Wildman–Crippen LogP) is 5.04. The molecule has 3 heterocycles. The van der Waals surface area contributed by atoms with Gasteiger partial charge in [0.15, 0.2) is 5.82 Å². The Labute approximate surface area is 221 Å². The molecule has 1 aliphatic rings. The first-order valence-electron chi connectivity index (χ1n) is 11.9. The number of hydrogen-bond donors (Lipinski definition) is 1. The third-order valence-corrected chi connectivity index (χ3v) is 6.41. The second-order valence-corrected chi connectivity index (χ2v) is 8.86. The van der Waals surface area contributed by atoms with E-state index >= 15 is 0 Å². The number of hydrogen-bond acceptors (Lipinski definition) is 7. The van der Waals surface area contributed by atoms with Gasteiger partial charge in [0.2, 0.25) is 0 Å². The number of carbonyl (C=O) groups is 1. The van der Waals surface area contributed by atoms with Gasteiger partial charge in [-0.1, -0.05) is 6.07 Å². The smallest absolute Gasteiger partial charge is 0.416 e. The second kappa shape index (κ2) is 9.75. The topological polar surface area (TPSA) is 109 Å². The Morgan fingerprint density at radius 1 is 1.13 bits per heavy atom. The average Bonchev–Trinajstić information content (AvgIpc) is 3.49. The Balaban J connectivity index is 1.66. The van der Waals surface area contributed by atoms with Crippen molar-refractivity contribution in [3.63, 3.8) is 0 Å². The molecule has 0 bridgehead atoms. The van der Waals surface area contributed by atoms with Gasteiger partial charge in [0.25, 0.3) is 5.91 Å². The van der Waals surface area contributed by atoms with Crippen LogP contribution in [0.5, 0.6) is 5.75 Å². The summed E-state index contributed by atoms with van der Waals surface area (Å²) < 4.78 is 48.4. The lowest BCUT2D eigenvalue weighted by atomic mass is 9.97. The highest BCUT2D eigenvalue weighted by molar-refractivity contribution is 6.10. The molecular formula is C27H22F3N7O2. The summed E-state index contributed by atoms with van der Waals surface area (Å²) >= 11 is 0. The minimum Gasteiger partial charge on any atom is -0.497 e. The van der Waals surface area contributed by atoms with Gasteiger partial charge in [-0.25, -0.2) is 4.98 Å². The summed E-state index contributed by atoms with van der Waals surface area (Å²) in [5.74, 6) is 0.435. The Morgan fingerprint density at radius 2 is 1.92 bits per heavy atom. The summed E-state index contributed by atoms with van der Waals surface area (Å²) in [7, 11) is 3.02. The second-order valence-electron chi connectivity index (χ2n) is 8.86. The summed E-state index contributed by atoms with van der Waals surface area (Å²) in [6.45, 7) is 2.08. The van der Waals surface area contributed by atoms with E-state index in [2.05, 4.69) is 26.6 Å². The van der Waals surface area contributed by atoms with Gasteiger partial charge in [0, 0.05) is 24.7 Å². The van der Waals surface area contributed by atoms with Crippen molar-refractivity contribution in [2.24, 2.45) is 7.05 Å². The molecule has 0 atom stereocenters. The highest BCUT2D eigenvalue weighted by Gasteiger charge is 2.41. The molecule has 0 fully saturated rings. The van der Waals surface area contributed by atoms with Crippen LogP contribution < -0.4 is 15.0 Å². The SMILES string of the molecule is CCNc1cc(-c2ccc(C#N)cc2-c2nncn2C)cc(N2Cc3c(cc(OC)cc3C(F)(F)F)C2=O)n1. The van der Waals surface area contributed by atoms with Crippen molar-refractivity contribution in [3.05, 3.63) is 71.0 Å². The van der Waals surface area contributed by atoms with Crippen molar-refractivity contribution in [2.75, 3.05) is 23.9 Å². The third kappa shape index (κ3) is 4.63. The van der Waals surface area contributed by atoms with Crippen LogP contribution in [-0.4, -0.2) is 39.3 Å². The van der Waals surface area contributed by atoms with Crippen LogP contribution in [0.15, 0.2) is 48.8 Å². The van der Waals surface area contributed by atoms with E-state index in [1.54, 1.807) is 41.9 Å². The monoisotopic (exact) mass is 533 g/mol. The molecule has 198 valence electrons. The van der Waals surface area contributed by atoms with Crippen LogP contribution >= 0.6 is 0 Å². The van der Waals surface area contributed by atoms with E-state index in [0.29, 0.717) is 40.4 Å². The molecule has 1 aliphatic heterocycles. The Bertz CT molecular complexity index is 1640. The number of aromatic nitrogens is 4. The number of aryl methyl sites for hydroxylation is 1. The highest BCUT2D eigenvalue weighted by atomic mass is 19.4. The number of halogens is 3. The molecule has 2 aromatic carbocycles. The first kappa shape index (κ1) is 25.7. The summed E-state index contributed by atoms with van der Waals surface area (Å²) in [6.07, 6.45) is -3.14. The molecule has 0 aliphatic carbocycles. The number of pyridine rings is 1. The molecule has 4 aromatic rings. The van der Waals surface area contributed by atoms with E-state index in [4.69, 9.17) is 4.74 Å². The van der Waals surface area contributed by atoms with Crippen molar-refractivity contribution in [3.8, 4) is 34.3 Å². The largest absolute Gasteiger partial charge is 0.497 e. The summed E-state index contributed by atoms with van der Waals surface area (Å²) in [6, 6.07) is 12.8. The lowest BCUT2D eigenvalue weighted by Gasteiger charge is -2.19. The minimum atomic E-state index is -4.67. The maximum Gasteiger partial charge on any atom is 0.416 e. The number of nitrogens with zero attached hydrogens (tertiary/aromatic N) is 6. The molecule has 5 rings (SSSR count). The van der Waals surface area contributed by atoms with E-state index < -0.39 is 17.6 Å². The summed E-state index contributed by atoms with van der Waals surface area (Å²) in [4.78, 5) is 19.2. The van der Waals surface area contributed by atoms with Crippen LogP contribution in [0.25, 0.3) is 22.5 Å². The lowest BCUT2D eigenvalue weighted by molar-refractivity contribution is -0.138. The maximum atomic E-state index is 13.9. The van der Waals surface area contributed by atoms with E-state index in [1.165, 1.54) is 24.4 Å². The zero-order valence-electron chi connectivity index (χ0n) is 21.2. The first-order valence-corrected chi connectivity index (χ1v) is 11.9. The zero-order chi connectivity index (χ0) is 27.9. The third-order valence-electron chi connectivity index (χ3n) is 6.41. The number of carbonyl (C=O) groups excluding carboxylic acids is 1. The van der Waals surface area contributed by atoms with Crippen molar-refractivity contribution in [1.29, 1.82) is 5.26 Å². The van der Waals surface area contributed by atoms with Gasteiger partial charge >= 0.3 is 6.18 Å². The van der Waals surface area contributed by atoms with E-state index in [-0.39, 0.29) is 29.2 Å². The van der Waals surface area contributed by atoms with E-state index in [9.17, 15) is 23.2 Å². The molecule has 9 nitrogen and oxygen atoms in total. The molecule has 0 saturated heterocycles. The Kier molecular flexibility index (Phi) is 6.43. The van der Waals surface area contributed by atoms with Crippen molar-refractivity contribution < 1.29 is 22.7 Å². The fraction of sp³-hybridized carbons (Fsp3) is 0.222. The number of benzene rings is 2. The maximum absolute atomic E-state index is 13.9. The molecule has 0 saturated carbocycles. The van der Waals surface area contributed by atoms with Crippen LogP contribution in [0, 0.1) is 11.3 Å². The Morgan fingerprint density at radius 3 is 2.56 bits per heavy atom. The van der Waals surface area contributed by atoms with Crippen LogP contribution in [0.1, 0.15) is 34.0 Å². The number of nitrogens with one attached hydrogen (secondary N) is 1. The molecular weight excluding hydrogens is 511 g/mol. The molecule has 1 N–H and O–H groups in total. The number of fused-ring (bicyclic) bond motifs is 1. The fourth-order valence-corrected chi connectivity index (χ4v) is 4.60. The number of ether oxygens (including phenoxy) is 1.